The summed E-state index contributed by atoms with van der Waals surface area (Å²) >= 11 is 0. The average molecular weight is 348 g/mol. The summed E-state index contributed by atoms with van der Waals surface area (Å²) in [5, 5.41) is 2.50. The minimum absolute atomic E-state index is 0.961. The lowest BCUT2D eigenvalue weighted by molar-refractivity contribution is 1.07. The zero-order valence-electron chi connectivity index (χ0n) is 14.5. The van der Waals surface area contributed by atoms with Crippen LogP contribution in [0, 0.1) is 0 Å². The van der Waals surface area contributed by atoms with Crippen LogP contribution in [0.5, 0.6) is 0 Å². The quantitative estimate of drug-likeness (QED) is 0.422. The fraction of sp³-hybridized carbons (Fsp3) is 0. The summed E-state index contributed by atoms with van der Waals surface area (Å²) in [5.74, 6) is 0. The van der Waals surface area contributed by atoms with Crippen molar-refractivity contribution in [3.05, 3.63) is 98.0 Å². The highest BCUT2D eigenvalue weighted by Crippen LogP contribution is 2.26. The lowest BCUT2D eigenvalue weighted by Crippen LogP contribution is -1.91. The van der Waals surface area contributed by atoms with E-state index in [-0.39, 0.29) is 0 Å². The van der Waals surface area contributed by atoms with Gasteiger partial charge in [0.25, 0.3) is 0 Å². The lowest BCUT2D eigenvalue weighted by Gasteiger charge is -2.03. The topological polar surface area (TPSA) is 26.6 Å². The molecule has 5 heterocycles. The average Bonchev–Trinajstić information content (AvgIpc) is 3.42. The number of imidazole rings is 1. The molecule has 0 bridgehead atoms. The second-order valence-electron chi connectivity index (χ2n) is 6.85. The zero-order valence-corrected chi connectivity index (χ0v) is 14.5. The van der Waals surface area contributed by atoms with Crippen molar-refractivity contribution in [3.8, 4) is 16.8 Å². The zero-order chi connectivity index (χ0) is 17.8. The first-order valence-corrected chi connectivity index (χ1v) is 8.95. The summed E-state index contributed by atoms with van der Waals surface area (Å²) in [6.07, 6.45) is 14.5. The van der Waals surface area contributed by atoms with E-state index in [1.807, 2.05) is 16.8 Å². The van der Waals surface area contributed by atoms with Crippen LogP contribution in [0.25, 0.3) is 38.8 Å². The van der Waals surface area contributed by atoms with E-state index < -0.39 is 0 Å². The van der Waals surface area contributed by atoms with Gasteiger partial charge in [-0.3, -0.25) is 0 Å². The number of hydrogen-bond donors (Lipinski definition) is 0. The highest BCUT2D eigenvalue weighted by molar-refractivity contribution is 5.83. The van der Waals surface area contributed by atoms with Gasteiger partial charge in [-0.05, 0) is 46.7 Å². The molecule has 0 fully saturated rings. The number of benzene rings is 1. The summed E-state index contributed by atoms with van der Waals surface area (Å²) < 4.78 is 6.37. The first-order chi connectivity index (χ1) is 13.3. The van der Waals surface area contributed by atoms with E-state index in [4.69, 9.17) is 0 Å². The van der Waals surface area contributed by atoms with Crippen LogP contribution in [-0.2, 0) is 0 Å². The van der Waals surface area contributed by atoms with Gasteiger partial charge in [-0.1, -0.05) is 24.3 Å². The molecule has 128 valence electrons. The number of hydrogen-bond acceptors (Lipinski definition) is 1. The molecule has 0 atom stereocenters. The molecule has 4 nitrogen and oxygen atoms in total. The predicted octanol–water partition coefficient (Wildman–Crippen LogP) is 5.20. The van der Waals surface area contributed by atoms with Gasteiger partial charge in [0.1, 0.15) is 5.65 Å². The Morgan fingerprint density at radius 1 is 0.667 bits per heavy atom. The van der Waals surface area contributed by atoms with Crippen molar-refractivity contribution >= 4 is 21.9 Å². The van der Waals surface area contributed by atoms with Crippen molar-refractivity contribution in [2.24, 2.45) is 0 Å². The monoisotopic (exact) mass is 348 g/mol. The van der Waals surface area contributed by atoms with Crippen LogP contribution in [-0.4, -0.2) is 18.4 Å². The number of rotatable bonds is 2. The third kappa shape index (κ3) is 2.27. The molecule has 0 N–H and O–H groups in total. The molecule has 0 saturated carbocycles. The SMILES string of the molecule is c1ccc2cn(-c3ccn4cc(-c5ccn6ccnc6c5)cc4c3)cc2c1. The standard InChI is InChI=1S/C23H16N4/c1-2-4-19-15-27(14-18(19)3-1)21-6-9-26-16-20(11-22(26)13-21)17-5-8-25-10-7-24-23(25)12-17/h1-16H. The maximum Gasteiger partial charge on any atom is 0.137 e. The Kier molecular flexibility index (Phi) is 2.85. The number of pyridine rings is 2. The van der Waals surface area contributed by atoms with E-state index in [2.05, 4.69) is 99.5 Å². The molecule has 1 aromatic carbocycles. The molecule has 0 amide bonds. The Labute approximate surface area is 155 Å². The van der Waals surface area contributed by atoms with Gasteiger partial charge in [0.2, 0.25) is 0 Å². The van der Waals surface area contributed by atoms with Gasteiger partial charge in [-0.25, -0.2) is 4.98 Å². The summed E-state index contributed by atoms with van der Waals surface area (Å²) in [6.45, 7) is 0. The van der Waals surface area contributed by atoms with Crippen LogP contribution in [0.15, 0.2) is 98.0 Å². The van der Waals surface area contributed by atoms with Gasteiger partial charge in [-0.15, -0.1) is 0 Å². The lowest BCUT2D eigenvalue weighted by atomic mass is 10.1. The third-order valence-corrected chi connectivity index (χ3v) is 5.16. The molecule has 0 saturated heterocycles. The number of fused-ring (bicyclic) bond motifs is 3. The van der Waals surface area contributed by atoms with Gasteiger partial charge in [0, 0.05) is 60.1 Å². The van der Waals surface area contributed by atoms with Gasteiger partial charge in [0.05, 0.1) is 0 Å². The van der Waals surface area contributed by atoms with Crippen molar-refractivity contribution < 1.29 is 0 Å². The second kappa shape index (κ2) is 5.35. The first kappa shape index (κ1) is 14.4. The molecule has 5 aromatic heterocycles. The molecular formula is C23H16N4. The summed E-state index contributed by atoms with van der Waals surface area (Å²) in [7, 11) is 0. The van der Waals surface area contributed by atoms with E-state index >= 15 is 0 Å². The minimum Gasteiger partial charge on any atom is -0.323 e. The van der Waals surface area contributed by atoms with Crippen molar-refractivity contribution in [2.45, 2.75) is 0 Å². The van der Waals surface area contributed by atoms with Crippen LogP contribution in [0.1, 0.15) is 0 Å². The molecule has 0 aliphatic rings. The van der Waals surface area contributed by atoms with Crippen LogP contribution in [0.3, 0.4) is 0 Å². The van der Waals surface area contributed by atoms with Crippen LogP contribution >= 0.6 is 0 Å². The van der Waals surface area contributed by atoms with Gasteiger partial charge < -0.3 is 13.4 Å². The molecule has 0 radical (unpaired) electrons. The molecular weight excluding hydrogens is 332 g/mol. The largest absolute Gasteiger partial charge is 0.323 e. The smallest absolute Gasteiger partial charge is 0.137 e. The Bertz CT molecular complexity index is 1400. The molecule has 0 aliphatic heterocycles. The Hall–Kier alpha value is -3.79. The van der Waals surface area contributed by atoms with Gasteiger partial charge >= 0.3 is 0 Å². The molecule has 0 aliphatic carbocycles. The fourth-order valence-electron chi connectivity index (χ4n) is 3.74. The molecule has 0 spiro atoms. The van der Waals surface area contributed by atoms with Crippen molar-refractivity contribution in [1.82, 2.24) is 18.4 Å². The van der Waals surface area contributed by atoms with Crippen molar-refractivity contribution in [3.63, 3.8) is 0 Å². The molecule has 6 aromatic rings. The summed E-state index contributed by atoms with van der Waals surface area (Å²) in [6, 6.07) is 19.3. The van der Waals surface area contributed by atoms with Crippen LogP contribution < -0.4 is 0 Å². The van der Waals surface area contributed by atoms with E-state index in [1.54, 1.807) is 0 Å². The molecule has 4 heteroatoms. The predicted molar refractivity (Wildman–Crippen MR) is 108 cm³/mol. The van der Waals surface area contributed by atoms with E-state index in [9.17, 15) is 0 Å². The minimum atomic E-state index is 0.961. The van der Waals surface area contributed by atoms with Crippen molar-refractivity contribution in [2.75, 3.05) is 0 Å². The van der Waals surface area contributed by atoms with E-state index in [0.29, 0.717) is 0 Å². The summed E-state index contributed by atoms with van der Waals surface area (Å²) in [4.78, 5) is 4.39. The molecule has 27 heavy (non-hydrogen) atoms. The van der Waals surface area contributed by atoms with E-state index in [1.165, 1.54) is 27.4 Å². The van der Waals surface area contributed by atoms with Crippen molar-refractivity contribution in [1.29, 1.82) is 0 Å². The van der Waals surface area contributed by atoms with Gasteiger partial charge in [0.15, 0.2) is 0 Å². The molecule has 6 rings (SSSR count). The highest BCUT2D eigenvalue weighted by Gasteiger charge is 2.06. The third-order valence-electron chi connectivity index (χ3n) is 5.16. The Morgan fingerprint density at radius 3 is 2.33 bits per heavy atom. The highest BCUT2D eigenvalue weighted by atomic mass is 15.0. The Morgan fingerprint density at radius 2 is 1.48 bits per heavy atom. The van der Waals surface area contributed by atoms with Gasteiger partial charge in [-0.2, -0.15) is 0 Å². The number of aromatic nitrogens is 4. The Balaban J connectivity index is 1.46. The maximum absolute atomic E-state index is 4.39. The van der Waals surface area contributed by atoms with Crippen LogP contribution in [0.2, 0.25) is 0 Å². The maximum atomic E-state index is 4.39. The second-order valence-corrected chi connectivity index (χ2v) is 6.85. The normalized spacial score (nSPS) is 11.7. The van der Waals surface area contributed by atoms with Crippen LogP contribution in [0.4, 0.5) is 0 Å². The fourth-order valence-corrected chi connectivity index (χ4v) is 3.74. The van der Waals surface area contributed by atoms with E-state index in [0.717, 1.165) is 11.3 Å². The number of nitrogens with zero attached hydrogens (tertiary/aromatic N) is 4. The summed E-state index contributed by atoms with van der Waals surface area (Å²) in [5.41, 5.74) is 5.65. The molecule has 0 unspecified atom stereocenters. The first-order valence-electron chi connectivity index (χ1n) is 8.95.